The van der Waals surface area contributed by atoms with Gasteiger partial charge in [-0.15, -0.1) is 0 Å². The first-order chi connectivity index (χ1) is 5.40. The molecule has 0 saturated carbocycles. The highest BCUT2D eigenvalue weighted by atomic mass is 16.7. The SMILES string of the molecule is CCOC(=O)OC(C)(C)C(=O)O. The molecular weight excluding hydrogens is 164 g/mol. The molecule has 0 aromatic rings. The maximum Gasteiger partial charge on any atom is 0.509 e. The Morgan fingerprint density at radius 1 is 1.42 bits per heavy atom. The monoisotopic (exact) mass is 176 g/mol. The molecule has 0 atom stereocenters. The minimum atomic E-state index is -1.54. The van der Waals surface area contributed by atoms with E-state index in [2.05, 4.69) is 9.47 Å². The summed E-state index contributed by atoms with van der Waals surface area (Å²) in [6.07, 6.45) is -0.968. The predicted molar refractivity (Wildman–Crippen MR) is 39.8 cm³/mol. The second kappa shape index (κ2) is 3.94. The number of hydrogen-bond acceptors (Lipinski definition) is 4. The van der Waals surface area contributed by atoms with Gasteiger partial charge < -0.3 is 14.6 Å². The summed E-state index contributed by atoms with van der Waals surface area (Å²) in [5.41, 5.74) is -1.54. The smallest absolute Gasteiger partial charge is 0.478 e. The van der Waals surface area contributed by atoms with Gasteiger partial charge in [0.15, 0.2) is 0 Å². The topological polar surface area (TPSA) is 72.8 Å². The Kier molecular flexibility index (Phi) is 3.53. The van der Waals surface area contributed by atoms with Crippen molar-refractivity contribution in [2.45, 2.75) is 26.4 Å². The molecule has 0 aliphatic carbocycles. The molecule has 0 bridgehead atoms. The third-order valence-electron chi connectivity index (χ3n) is 1.12. The van der Waals surface area contributed by atoms with Crippen molar-refractivity contribution in [2.24, 2.45) is 0 Å². The van der Waals surface area contributed by atoms with Crippen LogP contribution in [0.1, 0.15) is 20.8 Å². The first-order valence-corrected chi connectivity index (χ1v) is 3.49. The van der Waals surface area contributed by atoms with E-state index in [4.69, 9.17) is 5.11 Å². The Balaban J connectivity index is 4.06. The van der Waals surface area contributed by atoms with E-state index >= 15 is 0 Å². The summed E-state index contributed by atoms with van der Waals surface area (Å²) < 4.78 is 8.88. The molecule has 0 amide bonds. The molecule has 0 rings (SSSR count). The summed E-state index contributed by atoms with van der Waals surface area (Å²) in [6, 6.07) is 0. The largest absolute Gasteiger partial charge is 0.509 e. The summed E-state index contributed by atoms with van der Waals surface area (Å²) >= 11 is 0. The van der Waals surface area contributed by atoms with E-state index < -0.39 is 17.7 Å². The first-order valence-electron chi connectivity index (χ1n) is 3.49. The Morgan fingerprint density at radius 3 is 2.25 bits per heavy atom. The summed E-state index contributed by atoms with van der Waals surface area (Å²) in [4.78, 5) is 21.1. The van der Waals surface area contributed by atoms with Gasteiger partial charge in [-0.1, -0.05) is 0 Å². The Hall–Kier alpha value is -1.26. The van der Waals surface area contributed by atoms with Crippen LogP contribution in [0.25, 0.3) is 0 Å². The van der Waals surface area contributed by atoms with Gasteiger partial charge in [0.2, 0.25) is 5.60 Å². The highest BCUT2D eigenvalue weighted by molar-refractivity contribution is 5.79. The molecule has 12 heavy (non-hydrogen) atoms. The van der Waals surface area contributed by atoms with Crippen LogP contribution in [-0.4, -0.2) is 29.4 Å². The zero-order valence-electron chi connectivity index (χ0n) is 7.29. The van der Waals surface area contributed by atoms with E-state index in [1.165, 1.54) is 13.8 Å². The fourth-order valence-electron chi connectivity index (χ4n) is 0.399. The van der Waals surface area contributed by atoms with Crippen LogP contribution in [-0.2, 0) is 14.3 Å². The number of carboxylic acids is 1. The van der Waals surface area contributed by atoms with Crippen molar-refractivity contribution in [1.82, 2.24) is 0 Å². The van der Waals surface area contributed by atoms with Crippen LogP contribution in [0.3, 0.4) is 0 Å². The number of carbonyl (C=O) groups excluding carboxylic acids is 1. The molecular formula is C7H12O5. The van der Waals surface area contributed by atoms with E-state index in [1.54, 1.807) is 6.92 Å². The lowest BCUT2D eigenvalue weighted by Crippen LogP contribution is -2.37. The molecule has 0 aromatic carbocycles. The van der Waals surface area contributed by atoms with Crippen LogP contribution in [0.2, 0.25) is 0 Å². The zero-order chi connectivity index (χ0) is 9.78. The van der Waals surface area contributed by atoms with Gasteiger partial charge in [-0.2, -0.15) is 0 Å². The molecule has 70 valence electrons. The average Bonchev–Trinajstić information content (AvgIpc) is 1.85. The number of aliphatic carboxylic acids is 1. The van der Waals surface area contributed by atoms with Gasteiger partial charge >= 0.3 is 12.1 Å². The molecule has 0 heterocycles. The normalized spacial score (nSPS) is 10.6. The molecule has 0 aromatic heterocycles. The van der Waals surface area contributed by atoms with Crippen molar-refractivity contribution in [3.63, 3.8) is 0 Å². The molecule has 0 fully saturated rings. The van der Waals surface area contributed by atoms with E-state index in [1.807, 2.05) is 0 Å². The van der Waals surface area contributed by atoms with Crippen LogP contribution in [0.4, 0.5) is 4.79 Å². The molecule has 0 aliphatic heterocycles. The number of rotatable bonds is 3. The summed E-state index contributed by atoms with van der Waals surface area (Å²) in [6.45, 7) is 4.31. The maximum absolute atomic E-state index is 10.7. The maximum atomic E-state index is 10.7. The lowest BCUT2D eigenvalue weighted by atomic mass is 10.1. The van der Waals surface area contributed by atoms with Gasteiger partial charge in [-0.3, -0.25) is 0 Å². The van der Waals surface area contributed by atoms with Gasteiger partial charge in [0.05, 0.1) is 6.61 Å². The minimum absolute atomic E-state index is 0.161. The van der Waals surface area contributed by atoms with Crippen LogP contribution in [0, 0.1) is 0 Å². The fraction of sp³-hybridized carbons (Fsp3) is 0.714. The second-order valence-corrected chi connectivity index (χ2v) is 2.60. The Bertz CT molecular complexity index is 184. The van der Waals surface area contributed by atoms with Crippen molar-refractivity contribution in [1.29, 1.82) is 0 Å². The summed E-state index contributed by atoms with van der Waals surface area (Å²) in [7, 11) is 0. The molecule has 0 unspecified atom stereocenters. The van der Waals surface area contributed by atoms with Gasteiger partial charge in [0.25, 0.3) is 0 Å². The van der Waals surface area contributed by atoms with E-state index in [0.29, 0.717) is 0 Å². The van der Waals surface area contributed by atoms with Gasteiger partial charge in [-0.05, 0) is 20.8 Å². The number of carboxylic acid groups (broad SMARTS) is 1. The van der Waals surface area contributed by atoms with Crippen molar-refractivity contribution in [3.8, 4) is 0 Å². The Labute approximate surface area is 70.3 Å². The summed E-state index contributed by atoms with van der Waals surface area (Å²) in [5.74, 6) is -1.21. The van der Waals surface area contributed by atoms with Crippen LogP contribution < -0.4 is 0 Å². The van der Waals surface area contributed by atoms with Crippen molar-refractivity contribution in [3.05, 3.63) is 0 Å². The summed E-state index contributed by atoms with van der Waals surface area (Å²) in [5, 5.41) is 8.53. The van der Waals surface area contributed by atoms with Crippen LogP contribution in [0.15, 0.2) is 0 Å². The lowest BCUT2D eigenvalue weighted by Gasteiger charge is -2.18. The van der Waals surface area contributed by atoms with Gasteiger partial charge in [0, 0.05) is 0 Å². The third kappa shape index (κ3) is 3.23. The number of ether oxygens (including phenoxy) is 2. The molecule has 0 aliphatic rings. The molecule has 5 nitrogen and oxygen atoms in total. The van der Waals surface area contributed by atoms with E-state index in [0.717, 1.165) is 0 Å². The zero-order valence-corrected chi connectivity index (χ0v) is 7.29. The van der Waals surface area contributed by atoms with Crippen molar-refractivity contribution in [2.75, 3.05) is 6.61 Å². The quantitative estimate of drug-likeness (QED) is 0.650. The molecule has 5 heteroatoms. The highest BCUT2D eigenvalue weighted by Gasteiger charge is 2.32. The van der Waals surface area contributed by atoms with Crippen LogP contribution >= 0.6 is 0 Å². The van der Waals surface area contributed by atoms with Gasteiger partial charge in [-0.25, -0.2) is 9.59 Å². The predicted octanol–water partition coefficient (Wildman–Crippen LogP) is 1.02. The lowest BCUT2D eigenvalue weighted by molar-refractivity contribution is -0.157. The Morgan fingerprint density at radius 2 is 1.92 bits per heavy atom. The third-order valence-corrected chi connectivity index (χ3v) is 1.12. The molecule has 0 spiro atoms. The molecule has 0 radical (unpaired) electrons. The van der Waals surface area contributed by atoms with Crippen LogP contribution in [0.5, 0.6) is 0 Å². The van der Waals surface area contributed by atoms with E-state index in [-0.39, 0.29) is 6.61 Å². The number of carbonyl (C=O) groups is 2. The average molecular weight is 176 g/mol. The second-order valence-electron chi connectivity index (χ2n) is 2.60. The number of hydrogen-bond donors (Lipinski definition) is 1. The van der Waals surface area contributed by atoms with E-state index in [9.17, 15) is 9.59 Å². The minimum Gasteiger partial charge on any atom is -0.478 e. The van der Waals surface area contributed by atoms with Gasteiger partial charge in [0.1, 0.15) is 0 Å². The van der Waals surface area contributed by atoms with Crippen molar-refractivity contribution >= 4 is 12.1 Å². The highest BCUT2D eigenvalue weighted by Crippen LogP contribution is 2.09. The van der Waals surface area contributed by atoms with Crippen molar-refractivity contribution < 1.29 is 24.2 Å². The molecule has 0 saturated heterocycles. The first kappa shape index (κ1) is 10.7. The molecule has 1 N–H and O–H groups in total. The fourth-order valence-corrected chi connectivity index (χ4v) is 0.399. The standard InChI is InChI=1S/C7H12O5/c1-4-11-6(10)12-7(2,3)5(8)9/h4H2,1-3H3,(H,8,9).